The van der Waals surface area contributed by atoms with Crippen molar-refractivity contribution in [3.8, 4) is 0 Å². The normalized spacial score (nSPS) is 10.7. The first-order chi connectivity index (χ1) is 5.66. The molecule has 0 aliphatic carbocycles. The van der Waals surface area contributed by atoms with Crippen molar-refractivity contribution in [3.63, 3.8) is 0 Å². The van der Waals surface area contributed by atoms with Crippen LogP contribution in [0.3, 0.4) is 0 Å². The lowest BCUT2D eigenvalue weighted by atomic mass is 10.0. The molecule has 0 aromatic carbocycles. The smallest absolute Gasteiger partial charge is 0.179 e. The second kappa shape index (κ2) is 3.57. The number of carbonyl (C=O) groups excluding carboxylic acids is 1. The first-order valence-electron chi connectivity index (χ1n) is 4.37. The van der Waals surface area contributed by atoms with Crippen LogP contribution in [0.4, 0.5) is 0 Å². The number of carbonyl (C=O) groups is 1. The van der Waals surface area contributed by atoms with Crippen LogP contribution in [0.2, 0.25) is 0 Å². The van der Waals surface area contributed by atoms with Crippen molar-refractivity contribution in [2.75, 3.05) is 0 Å². The molecule has 1 rings (SSSR count). The minimum Gasteiger partial charge on any atom is -0.359 e. The molecule has 0 aliphatic rings. The minimum absolute atomic E-state index is 0.198. The summed E-state index contributed by atoms with van der Waals surface area (Å²) in [6.45, 7) is 6.07. The molecule has 1 aromatic rings. The first kappa shape index (κ1) is 9.04. The molecule has 0 radical (unpaired) electrons. The Hall–Kier alpha value is -1.05. The molecule has 0 fully saturated rings. The van der Waals surface area contributed by atoms with Crippen LogP contribution >= 0.6 is 0 Å². The maximum absolute atomic E-state index is 11.4. The van der Waals surface area contributed by atoms with E-state index >= 15 is 0 Å². The summed E-state index contributed by atoms with van der Waals surface area (Å²) in [7, 11) is 0. The van der Waals surface area contributed by atoms with E-state index in [2.05, 4.69) is 18.8 Å². The van der Waals surface area contributed by atoms with Gasteiger partial charge in [-0.25, -0.2) is 0 Å². The molecule has 0 saturated heterocycles. The lowest BCUT2D eigenvalue weighted by Crippen LogP contribution is -2.02. The predicted octanol–water partition coefficient (Wildman–Crippen LogP) is 2.73. The molecule has 0 spiro atoms. The Labute approximate surface area is 73.0 Å². The van der Waals surface area contributed by atoms with Crippen molar-refractivity contribution >= 4 is 5.78 Å². The zero-order chi connectivity index (χ0) is 9.14. The lowest BCUT2D eigenvalue weighted by molar-refractivity contribution is 0.0982. The number of aromatic amines is 1. The summed E-state index contributed by atoms with van der Waals surface area (Å²) in [6, 6.07) is 1.98. The van der Waals surface area contributed by atoms with E-state index in [-0.39, 0.29) is 5.78 Å². The fourth-order valence-corrected chi connectivity index (χ4v) is 1.28. The molecule has 0 saturated carbocycles. The third-order valence-corrected chi connectivity index (χ3v) is 2.00. The molecule has 0 atom stereocenters. The summed E-state index contributed by atoms with van der Waals surface area (Å²) in [4.78, 5) is 14.4. The third kappa shape index (κ3) is 1.58. The maximum Gasteiger partial charge on any atom is 0.179 e. The summed E-state index contributed by atoms with van der Waals surface area (Å²) in [5.41, 5.74) is 1.91. The van der Waals surface area contributed by atoms with Crippen LogP contribution in [-0.4, -0.2) is 10.8 Å². The molecule has 0 amide bonds. The number of aromatic nitrogens is 1. The van der Waals surface area contributed by atoms with Gasteiger partial charge in [0.05, 0.1) is 5.69 Å². The van der Waals surface area contributed by atoms with Crippen LogP contribution in [0, 0.1) is 0 Å². The Bertz CT molecular complexity index is 273. The van der Waals surface area contributed by atoms with Crippen molar-refractivity contribution in [1.29, 1.82) is 0 Å². The molecule has 66 valence electrons. The van der Waals surface area contributed by atoms with Crippen LogP contribution < -0.4 is 0 Å². The van der Waals surface area contributed by atoms with E-state index in [1.165, 1.54) is 0 Å². The van der Waals surface area contributed by atoms with Crippen LogP contribution in [-0.2, 0) is 0 Å². The Balaban J connectivity index is 2.99. The molecule has 12 heavy (non-hydrogen) atoms. The van der Waals surface area contributed by atoms with Gasteiger partial charge in [-0.2, -0.15) is 0 Å². The summed E-state index contributed by atoms with van der Waals surface area (Å²) in [6.07, 6.45) is 2.40. The van der Waals surface area contributed by atoms with Crippen molar-refractivity contribution in [3.05, 3.63) is 23.5 Å². The summed E-state index contributed by atoms with van der Waals surface area (Å²) >= 11 is 0. The number of ketones is 1. The summed E-state index contributed by atoms with van der Waals surface area (Å²) < 4.78 is 0. The molecular formula is C10H15NO. The van der Waals surface area contributed by atoms with Crippen molar-refractivity contribution in [1.82, 2.24) is 4.98 Å². The molecule has 0 bridgehead atoms. The van der Waals surface area contributed by atoms with Gasteiger partial charge in [-0.05, 0) is 17.5 Å². The van der Waals surface area contributed by atoms with Crippen molar-refractivity contribution < 1.29 is 4.79 Å². The van der Waals surface area contributed by atoms with Crippen LogP contribution in [0.5, 0.6) is 0 Å². The Morgan fingerprint density at radius 3 is 2.75 bits per heavy atom. The SMILES string of the molecule is CCC(=O)c1[nH]ccc1C(C)C. The molecule has 0 unspecified atom stereocenters. The van der Waals surface area contributed by atoms with E-state index in [1.807, 2.05) is 19.2 Å². The standard InChI is InChI=1S/C10H15NO/c1-4-9(12)10-8(7(2)3)5-6-11-10/h5-7,11H,4H2,1-3H3. The third-order valence-electron chi connectivity index (χ3n) is 2.00. The van der Waals surface area contributed by atoms with E-state index in [1.54, 1.807) is 0 Å². The molecule has 0 aliphatic heterocycles. The highest BCUT2D eigenvalue weighted by Crippen LogP contribution is 2.19. The average molecular weight is 165 g/mol. The number of rotatable bonds is 3. The highest BCUT2D eigenvalue weighted by atomic mass is 16.1. The zero-order valence-electron chi connectivity index (χ0n) is 7.85. The van der Waals surface area contributed by atoms with Gasteiger partial charge in [0.15, 0.2) is 5.78 Å². The number of nitrogens with one attached hydrogen (secondary N) is 1. The van der Waals surface area contributed by atoms with Crippen molar-refractivity contribution in [2.24, 2.45) is 0 Å². The van der Waals surface area contributed by atoms with E-state index in [0.717, 1.165) is 11.3 Å². The fraction of sp³-hybridized carbons (Fsp3) is 0.500. The highest BCUT2D eigenvalue weighted by molar-refractivity contribution is 5.95. The quantitative estimate of drug-likeness (QED) is 0.686. The summed E-state index contributed by atoms with van der Waals surface area (Å²) in [5, 5.41) is 0. The van der Waals surface area contributed by atoms with Gasteiger partial charge < -0.3 is 4.98 Å². The Morgan fingerprint density at radius 2 is 2.25 bits per heavy atom. The fourth-order valence-electron chi connectivity index (χ4n) is 1.28. The molecule has 2 heteroatoms. The van der Waals surface area contributed by atoms with Gasteiger partial charge in [-0.3, -0.25) is 4.79 Å². The number of hydrogen-bond acceptors (Lipinski definition) is 1. The van der Waals surface area contributed by atoms with E-state index in [9.17, 15) is 4.79 Å². The Morgan fingerprint density at radius 1 is 1.58 bits per heavy atom. The van der Waals surface area contributed by atoms with Gasteiger partial charge in [-0.15, -0.1) is 0 Å². The van der Waals surface area contributed by atoms with Gasteiger partial charge in [0.1, 0.15) is 0 Å². The molecule has 1 N–H and O–H groups in total. The number of hydrogen-bond donors (Lipinski definition) is 1. The molecule has 2 nitrogen and oxygen atoms in total. The molecular weight excluding hydrogens is 150 g/mol. The second-order valence-corrected chi connectivity index (χ2v) is 3.24. The van der Waals surface area contributed by atoms with Gasteiger partial charge in [-0.1, -0.05) is 20.8 Å². The highest BCUT2D eigenvalue weighted by Gasteiger charge is 2.12. The second-order valence-electron chi connectivity index (χ2n) is 3.24. The number of H-pyrrole nitrogens is 1. The van der Waals surface area contributed by atoms with Gasteiger partial charge in [0.25, 0.3) is 0 Å². The van der Waals surface area contributed by atoms with Gasteiger partial charge in [0.2, 0.25) is 0 Å². The topological polar surface area (TPSA) is 32.9 Å². The van der Waals surface area contributed by atoms with Crippen molar-refractivity contribution in [2.45, 2.75) is 33.1 Å². The van der Waals surface area contributed by atoms with E-state index in [0.29, 0.717) is 12.3 Å². The van der Waals surface area contributed by atoms with E-state index < -0.39 is 0 Å². The Kier molecular flexibility index (Phi) is 2.69. The predicted molar refractivity (Wildman–Crippen MR) is 49.5 cm³/mol. The van der Waals surface area contributed by atoms with Crippen LogP contribution in [0.1, 0.15) is 49.2 Å². The van der Waals surface area contributed by atoms with Crippen LogP contribution in [0.15, 0.2) is 12.3 Å². The first-order valence-corrected chi connectivity index (χ1v) is 4.37. The minimum atomic E-state index is 0.198. The lowest BCUT2D eigenvalue weighted by Gasteiger charge is -2.04. The van der Waals surface area contributed by atoms with Crippen LogP contribution in [0.25, 0.3) is 0 Å². The number of Topliss-reactive ketones (excluding diaryl/α,β-unsaturated/α-hetero) is 1. The maximum atomic E-state index is 11.4. The largest absolute Gasteiger partial charge is 0.359 e. The van der Waals surface area contributed by atoms with Gasteiger partial charge >= 0.3 is 0 Å². The summed E-state index contributed by atoms with van der Waals surface area (Å²) in [5.74, 6) is 0.616. The molecule has 1 aromatic heterocycles. The average Bonchev–Trinajstić information content (AvgIpc) is 2.50. The van der Waals surface area contributed by atoms with Gasteiger partial charge in [0, 0.05) is 12.6 Å². The molecule has 1 heterocycles. The van der Waals surface area contributed by atoms with E-state index in [4.69, 9.17) is 0 Å². The zero-order valence-corrected chi connectivity index (χ0v) is 7.85. The monoisotopic (exact) mass is 165 g/mol.